The number of hydrogen-bond acceptors (Lipinski definition) is 6. The number of aliphatic carboxylic acids is 1. The van der Waals surface area contributed by atoms with Crippen LogP contribution in [0, 0.1) is 5.92 Å². The number of para-hydroxylation sites is 1. The normalized spacial score (nSPS) is 17.8. The standard InChI is InChI=1S/C28H42N8O5/c1-3-16(2)23(29)25(38)34-20(10-6-12-32-28(30)31)26(39)36-13-7-11-22(36)24(37)35-21(27(40)41)14-17-15-33-19-9-5-4-8-18(17)19/h4-5,8-9,15-16,20-23,33H,3,6-7,10-14,29H2,1-2H3,(H,34,38)(H,35,37)(H,40,41)(H4,30,31,32). The predicted octanol–water partition coefficient (Wildman–Crippen LogP) is 0.183. The van der Waals surface area contributed by atoms with Crippen LogP contribution < -0.4 is 27.8 Å². The Morgan fingerprint density at radius 2 is 1.90 bits per heavy atom. The lowest BCUT2D eigenvalue weighted by atomic mass is 9.98. The van der Waals surface area contributed by atoms with Crippen molar-refractivity contribution in [3.8, 4) is 0 Å². The molecule has 0 radical (unpaired) electrons. The Balaban J connectivity index is 1.73. The first-order valence-electron chi connectivity index (χ1n) is 14.0. The average molecular weight is 571 g/mol. The summed E-state index contributed by atoms with van der Waals surface area (Å²) in [5, 5.41) is 16.2. The minimum atomic E-state index is -1.19. The molecule has 0 saturated carbocycles. The number of amides is 3. The number of hydrogen-bond donors (Lipinski definition) is 7. The van der Waals surface area contributed by atoms with Crippen LogP contribution in [0.1, 0.15) is 51.5 Å². The number of nitrogens with two attached hydrogens (primary N) is 3. The minimum Gasteiger partial charge on any atom is -0.480 e. The van der Waals surface area contributed by atoms with Gasteiger partial charge in [0.05, 0.1) is 6.04 Å². The van der Waals surface area contributed by atoms with Crippen LogP contribution in [0.15, 0.2) is 35.5 Å². The molecule has 2 heterocycles. The fourth-order valence-electron chi connectivity index (χ4n) is 5.03. The van der Waals surface area contributed by atoms with Gasteiger partial charge in [-0.2, -0.15) is 0 Å². The molecule has 1 saturated heterocycles. The number of H-pyrrole nitrogens is 1. The number of aliphatic imine (C=N–C) groups is 1. The number of rotatable bonds is 14. The van der Waals surface area contributed by atoms with Crippen LogP contribution >= 0.6 is 0 Å². The van der Waals surface area contributed by atoms with Gasteiger partial charge in [0, 0.05) is 36.6 Å². The molecule has 13 nitrogen and oxygen atoms in total. The molecule has 3 rings (SSSR count). The van der Waals surface area contributed by atoms with E-state index in [9.17, 15) is 24.3 Å². The molecule has 2 aromatic rings. The van der Waals surface area contributed by atoms with Crippen molar-refractivity contribution >= 4 is 40.6 Å². The molecule has 224 valence electrons. The number of carboxylic acids is 1. The SMILES string of the molecule is CCC(C)C(N)C(=O)NC(CCCN=C(N)N)C(=O)N1CCCC1C(=O)NC(Cc1c[nH]c2ccccc12)C(=O)O. The van der Waals surface area contributed by atoms with Gasteiger partial charge in [-0.25, -0.2) is 4.79 Å². The molecular weight excluding hydrogens is 528 g/mol. The Morgan fingerprint density at radius 1 is 1.17 bits per heavy atom. The first-order chi connectivity index (χ1) is 19.5. The molecule has 1 aliphatic heterocycles. The molecule has 1 aromatic heterocycles. The van der Waals surface area contributed by atoms with Crippen LogP contribution in [-0.4, -0.2) is 81.9 Å². The van der Waals surface area contributed by atoms with E-state index in [0.717, 1.165) is 16.5 Å². The molecule has 5 unspecified atom stereocenters. The number of carbonyl (C=O) groups is 4. The van der Waals surface area contributed by atoms with Crippen LogP contribution in [0.4, 0.5) is 0 Å². The number of aromatic amines is 1. The highest BCUT2D eigenvalue weighted by atomic mass is 16.4. The van der Waals surface area contributed by atoms with E-state index in [-0.39, 0.29) is 31.3 Å². The second-order valence-corrected chi connectivity index (χ2v) is 10.6. The number of benzene rings is 1. The van der Waals surface area contributed by atoms with Gasteiger partial charge in [-0.15, -0.1) is 0 Å². The van der Waals surface area contributed by atoms with Crippen molar-refractivity contribution in [3.63, 3.8) is 0 Å². The van der Waals surface area contributed by atoms with E-state index >= 15 is 0 Å². The van der Waals surface area contributed by atoms with E-state index < -0.39 is 47.9 Å². The lowest BCUT2D eigenvalue weighted by molar-refractivity contribution is -0.145. The summed E-state index contributed by atoms with van der Waals surface area (Å²) in [6, 6.07) is 3.70. The number of aromatic nitrogens is 1. The Bertz CT molecular complexity index is 1260. The van der Waals surface area contributed by atoms with E-state index in [1.165, 1.54) is 4.90 Å². The first-order valence-corrected chi connectivity index (χ1v) is 14.0. The van der Waals surface area contributed by atoms with E-state index in [1.54, 1.807) is 6.20 Å². The Labute approximate surface area is 239 Å². The Kier molecular flexibility index (Phi) is 11.1. The number of carbonyl (C=O) groups excluding carboxylic acids is 3. The highest BCUT2D eigenvalue weighted by Gasteiger charge is 2.39. The molecule has 0 bridgehead atoms. The second-order valence-electron chi connectivity index (χ2n) is 10.6. The van der Waals surface area contributed by atoms with Gasteiger partial charge in [0.25, 0.3) is 0 Å². The summed E-state index contributed by atoms with van der Waals surface area (Å²) in [4.78, 5) is 60.5. The van der Waals surface area contributed by atoms with Crippen molar-refractivity contribution in [1.29, 1.82) is 0 Å². The Morgan fingerprint density at radius 3 is 2.59 bits per heavy atom. The van der Waals surface area contributed by atoms with Crippen molar-refractivity contribution in [2.75, 3.05) is 13.1 Å². The lowest BCUT2D eigenvalue weighted by Gasteiger charge is -2.30. The maximum Gasteiger partial charge on any atom is 0.326 e. The molecule has 10 N–H and O–H groups in total. The van der Waals surface area contributed by atoms with Gasteiger partial charge < -0.3 is 42.8 Å². The number of nitrogens with zero attached hydrogens (tertiary/aromatic N) is 2. The summed E-state index contributed by atoms with van der Waals surface area (Å²) < 4.78 is 0. The average Bonchev–Trinajstić information content (AvgIpc) is 3.60. The fourth-order valence-corrected chi connectivity index (χ4v) is 5.03. The maximum absolute atomic E-state index is 13.7. The van der Waals surface area contributed by atoms with Crippen molar-refractivity contribution < 1.29 is 24.3 Å². The van der Waals surface area contributed by atoms with E-state index in [0.29, 0.717) is 32.2 Å². The lowest BCUT2D eigenvalue weighted by Crippen LogP contribution is -2.57. The van der Waals surface area contributed by atoms with Gasteiger partial charge >= 0.3 is 5.97 Å². The number of guanidine groups is 1. The van der Waals surface area contributed by atoms with Gasteiger partial charge in [0.15, 0.2) is 5.96 Å². The number of nitrogens with one attached hydrogen (secondary N) is 3. The molecule has 1 aliphatic rings. The van der Waals surface area contributed by atoms with Gasteiger partial charge in [0.1, 0.15) is 18.1 Å². The highest BCUT2D eigenvalue weighted by Crippen LogP contribution is 2.22. The zero-order chi connectivity index (χ0) is 30.1. The van der Waals surface area contributed by atoms with Crippen molar-refractivity contribution in [2.45, 2.75) is 76.5 Å². The van der Waals surface area contributed by atoms with Crippen LogP contribution in [0.2, 0.25) is 0 Å². The quantitative estimate of drug-likeness (QED) is 0.0940. The number of likely N-dealkylation sites (tertiary alicyclic amines) is 1. The van der Waals surface area contributed by atoms with Gasteiger partial charge in [-0.05, 0) is 43.2 Å². The van der Waals surface area contributed by atoms with Crippen molar-refractivity contribution in [1.82, 2.24) is 20.5 Å². The molecular formula is C28H42N8O5. The molecule has 13 heteroatoms. The topological polar surface area (TPSA) is 222 Å². The summed E-state index contributed by atoms with van der Waals surface area (Å²) in [6.45, 7) is 4.34. The smallest absolute Gasteiger partial charge is 0.326 e. The summed E-state index contributed by atoms with van der Waals surface area (Å²) in [5.41, 5.74) is 18.5. The molecule has 41 heavy (non-hydrogen) atoms. The fraction of sp³-hybridized carbons (Fsp3) is 0.536. The summed E-state index contributed by atoms with van der Waals surface area (Å²) in [5.74, 6) is -2.78. The van der Waals surface area contributed by atoms with Crippen LogP contribution in [0.5, 0.6) is 0 Å². The third-order valence-corrected chi connectivity index (χ3v) is 7.67. The molecule has 1 aromatic carbocycles. The summed E-state index contributed by atoms with van der Waals surface area (Å²) in [7, 11) is 0. The van der Waals surface area contributed by atoms with Crippen LogP contribution in [-0.2, 0) is 25.6 Å². The van der Waals surface area contributed by atoms with Gasteiger partial charge in [0.2, 0.25) is 17.7 Å². The Hall–Kier alpha value is -4.13. The van der Waals surface area contributed by atoms with Crippen molar-refractivity contribution in [3.05, 3.63) is 36.0 Å². The monoisotopic (exact) mass is 570 g/mol. The molecule has 3 amide bonds. The molecule has 1 fully saturated rings. The summed E-state index contributed by atoms with van der Waals surface area (Å²) >= 11 is 0. The third kappa shape index (κ3) is 8.19. The summed E-state index contributed by atoms with van der Waals surface area (Å²) in [6.07, 6.45) is 4.07. The number of fused-ring (bicyclic) bond motifs is 1. The largest absolute Gasteiger partial charge is 0.480 e. The zero-order valence-electron chi connectivity index (χ0n) is 23.6. The molecule has 0 aliphatic carbocycles. The number of carboxylic acid groups (broad SMARTS) is 1. The molecule has 5 atom stereocenters. The minimum absolute atomic E-state index is 0.0722. The maximum atomic E-state index is 13.7. The van der Waals surface area contributed by atoms with Crippen LogP contribution in [0.25, 0.3) is 10.9 Å². The van der Waals surface area contributed by atoms with E-state index in [1.807, 2.05) is 38.1 Å². The van der Waals surface area contributed by atoms with E-state index in [4.69, 9.17) is 17.2 Å². The zero-order valence-corrected chi connectivity index (χ0v) is 23.6. The molecule has 0 spiro atoms. The van der Waals surface area contributed by atoms with Gasteiger partial charge in [-0.1, -0.05) is 38.5 Å². The first kappa shape index (κ1) is 31.4. The van der Waals surface area contributed by atoms with E-state index in [2.05, 4.69) is 20.6 Å². The van der Waals surface area contributed by atoms with Crippen molar-refractivity contribution in [2.24, 2.45) is 28.1 Å². The van der Waals surface area contributed by atoms with Crippen LogP contribution in [0.3, 0.4) is 0 Å². The third-order valence-electron chi connectivity index (χ3n) is 7.67. The predicted molar refractivity (Wildman–Crippen MR) is 156 cm³/mol. The second kappa shape index (κ2) is 14.5. The van der Waals surface area contributed by atoms with Gasteiger partial charge in [-0.3, -0.25) is 19.4 Å². The highest BCUT2D eigenvalue weighted by molar-refractivity contribution is 5.95.